The monoisotopic (exact) mass is 306 g/mol. The van der Waals surface area contributed by atoms with E-state index in [0.717, 1.165) is 19.3 Å². The Morgan fingerprint density at radius 3 is 3.00 bits per heavy atom. The summed E-state index contributed by atoms with van der Waals surface area (Å²) in [7, 11) is 0. The van der Waals surface area contributed by atoms with Crippen molar-refractivity contribution in [3.05, 3.63) is 35.1 Å². The van der Waals surface area contributed by atoms with Crippen molar-refractivity contribution in [1.82, 2.24) is 5.32 Å². The third kappa shape index (κ3) is 3.99. The third-order valence-corrected chi connectivity index (χ3v) is 4.79. The second-order valence-corrected chi connectivity index (χ2v) is 6.06. The Balaban J connectivity index is 2.09. The van der Waals surface area contributed by atoms with Crippen LogP contribution >= 0.6 is 11.8 Å². The van der Waals surface area contributed by atoms with E-state index in [-0.39, 0.29) is 24.1 Å². The van der Waals surface area contributed by atoms with Gasteiger partial charge in [0, 0.05) is 16.9 Å². The van der Waals surface area contributed by atoms with E-state index in [2.05, 4.69) is 17.2 Å². The molecule has 0 aliphatic heterocycles. The van der Waals surface area contributed by atoms with Crippen LogP contribution in [0.15, 0.2) is 18.2 Å². The van der Waals surface area contributed by atoms with Gasteiger partial charge >= 0.3 is 0 Å². The molecule has 0 radical (unpaired) electrons. The summed E-state index contributed by atoms with van der Waals surface area (Å²) in [5.41, 5.74) is 5.87. The third-order valence-electron chi connectivity index (χ3n) is 3.62. The van der Waals surface area contributed by atoms with Gasteiger partial charge in [0.1, 0.15) is 5.82 Å². The summed E-state index contributed by atoms with van der Waals surface area (Å²) in [5.74, 6) is 4.51. The van der Waals surface area contributed by atoms with Gasteiger partial charge in [0.25, 0.3) is 5.91 Å². The van der Waals surface area contributed by atoms with Gasteiger partial charge in [-0.3, -0.25) is 4.79 Å². The second kappa shape index (κ2) is 7.48. The summed E-state index contributed by atoms with van der Waals surface area (Å²) >= 11 is 1.75. The zero-order valence-electron chi connectivity index (χ0n) is 12.0. The summed E-state index contributed by atoms with van der Waals surface area (Å²) in [6.45, 7) is 0.224. The maximum Gasteiger partial charge on any atom is 0.254 e. The summed E-state index contributed by atoms with van der Waals surface area (Å²) in [6, 6.07) is 4.53. The zero-order valence-corrected chi connectivity index (χ0v) is 12.8. The van der Waals surface area contributed by atoms with Gasteiger partial charge in [-0.15, -0.1) is 0 Å². The number of benzene rings is 1. The van der Waals surface area contributed by atoms with Crippen LogP contribution in [0, 0.1) is 17.7 Å². The SMILES string of the molecule is CSC1CCCC1NC(=O)c1ccc(C#CCN)cc1F. The van der Waals surface area contributed by atoms with Crippen LogP contribution in [0.3, 0.4) is 0 Å². The molecule has 0 heterocycles. The Morgan fingerprint density at radius 2 is 2.33 bits per heavy atom. The molecule has 0 saturated heterocycles. The predicted molar refractivity (Wildman–Crippen MR) is 84.7 cm³/mol. The maximum absolute atomic E-state index is 14.0. The zero-order chi connectivity index (χ0) is 15.2. The molecule has 1 aliphatic carbocycles. The smallest absolute Gasteiger partial charge is 0.254 e. The molecular formula is C16H19FN2OS. The molecule has 2 unspecified atom stereocenters. The highest BCUT2D eigenvalue weighted by molar-refractivity contribution is 7.99. The molecule has 1 aromatic rings. The number of hydrogen-bond acceptors (Lipinski definition) is 3. The molecule has 112 valence electrons. The number of carbonyl (C=O) groups is 1. The summed E-state index contributed by atoms with van der Waals surface area (Å²) in [5, 5.41) is 3.37. The lowest BCUT2D eigenvalue weighted by molar-refractivity contribution is 0.0934. The number of carbonyl (C=O) groups excluding carboxylic acids is 1. The highest BCUT2D eigenvalue weighted by Gasteiger charge is 2.28. The molecule has 2 atom stereocenters. The Bertz CT molecular complexity index is 579. The van der Waals surface area contributed by atoms with Gasteiger partial charge in [0.05, 0.1) is 12.1 Å². The molecule has 1 saturated carbocycles. The van der Waals surface area contributed by atoms with Crippen molar-refractivity contribution in [3.8, 4) is 11.8 Å². The van der Waals surface area contributed by atoms with E-state index < -0.39 is 5.82 Å². The molecule has 0 spiro atoms. The molecule has 3 N–H and O–H groups in total. The second-order valence-electron chi connectivity index (χ2n) is 4.99. The number of thioether (sulfide) groups is 1. The highest BCUT2D eigenvalue weighted by atomic mass is 32.2. The lowest BCUT2D eigenvalue weighted by Gasteiger charge is -2.19. The van der Waals surface area contributed by atoms with Crippen LogP contribution in [-0.4, -0.2) is 30.0 Å². The number of hydrogen-bond donors (Lipinski definition) is 2. The first-order chi connectivity index (χ1) is 10.2. The van der Waals surface area contributed by atoms with Gasteiger partial charge in [-0.05, 0) is 37.3 Å². The van der Waals surface area contributed by atoms with Gasteiger partial charge in [-0.2, -0.15) is 11.8 Å². The number of nitrogens with one attached hydrogen (secondary N) is 1. The first-order valence-electron chi connectivity index (χ1n) is 6.98. The molecule has 2 rings (SSSR count). The molecule has 0 bridgehead atoms. The van der Waals surface area contributed by atoms with E-state index in [1.54, 1.807) is 17.8 Å². The molecule has 0 aromatic heterocycles. The minimum Gasteiger partial charge on any atom is -0.348 e. The van der Waals surface area contributed by atoms with Crippen molar-refractivity contribution in [1.29, 1.82) is 0 Å². The average molecular weight is 306 g/mol. The van der Waals surface area contributed by atoms with Crippen LogP contribution in [0.4, 0.5) is 4.39 Å². The van der Waals surface area contributed by atoms with Crippen LogP contribution in [0.25, 0.3) is 0 Å². The van der Waals surface area contributed by atoms with Gasteiger partial charge in [0.2, 0.25) is 0 Å². The first-order valence-corrected chi connectivity index (χ1v) is 8.26. The van der Waals surface area contributed by atoms with Crippen molar-refractivity contribution >= 4 is 17.7 Å². The minimum absolute atomic E-state index is 0.0695. The fraction of sp³-hybridized carbons (Fsp3) is 0.438. The van der Waals surface area contributed by atoms with Crippen LogP contribution < -0.4 is 11.1 Å². The fourth-order valence-corrected chi connectivity index (χ4v) is 3.48. The molecule has 1 fully saturated rings. The summed E-state index contributed by atoms with van der Waals surface area (Å²) in [6.07, 6.45) is 5.20. The number of amides is 1. The number of nitrogens with two attached hydrogens (primary N) is 1. The molecular weight excluding hydrogens is 287 g/mol. The van der Waals surface area contributed by atoms with Crippen molar-refractivity contribution in [3.63, 3.8) is 0 Å². The van der Waals surface area contributed by atoms with Crippen LogP contribution in [0.2, 0.25) is 0 Å². The Kier molecular flexibility index (Phi) is 5.66. The minimum atomic E-state index is -0.546. The van der Waals surface area contributed by atoms with Crippen LogP contribution in [0.5, 0.6) is 0 Å². The van der Waals surface area contributed by atoms with Crippen molar-refractivity contribution in [2.45, 2.75) is 30.6 Å². The molecule has 21 heavy (non-hydrogen) atoms. The average Bonchev–Trinajstić information content (AvgIpc) is 2.92. The predicted octanol–water partition coefficient (Wildman–Crippen LogP) is 2.15. The Morgan fingerprint density at radius 1 is 1.52 bits per heavy atom. The van der Waals surface area contributed by atoms with E-state index in [0.29, 0.717) is 10.8 Å². The largest absolute Gasteiger partial charge is 0.348 e. The maximum atomic E-state index is 14.0. The number of rotatable bonds is 3. The standard InChI is InChI=1S/C16H19FN2OS/c1-21-15-6-2-5-14(15)19-16(20)12-8-7-11(4-3-9-18)10-13(12)17/h7-8,10,14-15H,2,5-6,9,18H2,1H3,(H,19,20). The van der Waals surface area contributed by atoms with E-state index in [1.165, 1.54) is 12.1 Å². The van der Waals surface area contributed by atoms with Gasteiger partial charge in [0.15, 0.2) is 0 Å². The summed E-state index contributed by atoms with van der Waals surface area (Å²) in [4.78, 5) is 12.2. The summed E-state index contributed by atoms with van der Waals surface area (Å²) < 4.78 is 14.0. The number of halogens is 1. The molecule has 3 nitrogen and oxygen atoms in total. The lowest BCUT2D eigenvalue weighted by Crippen LogP contribution is -2.39. The molecule has 1 amide bonds. The molecule has 1 aliphatic rings. The topological polar surface area (TPSA) is 55.1 Å². The lowest BCUT2D eigenvalue weighted by atomic mass is 10.1. The highest BCUT2D eigenvalue weighted by Crippen LogP contribution is 2.28. The van der Waals surface area contributed by atoms with E-state index in [9.17, 15) is 9.18 Å². The van der Waals surface area contributed by atoms with Crippen molar-refractivity contribution in [2.24, 2.45) is 5.73 Å². The first kappa shape index (κ1) is 15.9. The Hall–Kier alpha value is -1.51. The van der Waals surface area contributed by atoms with Gasteiger partial charge in [-0.25, -0.2) is 4.39 Å². The quantitative estimate of drug-likeness (QED) is 0.841. The van der Waals surface area contributed by atoms with Crippen molar-refractivity contribution in [2.75, 3.05) is 12.8 Å². The Labute approximate surface area is 128 Å². The molecule has 1 aromatic carbocycles. The normalized spacial score (nSPS) is 20.7. The van der Waals surface area contributed by atoms with E-state index in [1.807, 2.05) is 6.26 Å². The van der Waals surface area contributed by atoms with Gasteiger partial charge in [-0.1, -0.05) is 18.3 Å². The van der Waals surface area contributed by atoms with Crippen LogP contribution in [-0.2, 0) is 0 Å². The van der Waals surface area contributed by atoms with Crippen LogP contribution in [0.1, 0.15) is 35.2 Å². The fourth-order valence-electron chi connectivity index (χ4n) is 2.55. The molecule has 5 heteroatoms. The van der Waals surface area contributed by atoms with Crippen molar-refractivity contribution < 1.29 is 9.18 Å². The van der Waals surface area contributed by atoms with E-state index in [4.69, 9.17) is 5.73 Å². The van der Waals surface area contributed by atoms with Gasteiger partial charge < -0.3 is 11.1 Å². The van der Waals surface area contributed by atoms with E-state index >= 15 is 0 Å².